The van der Waals surface area contributed by atoms with Crippen LogP contribution in [0.25, 0.3) is 0 Å². The van der Waals surface area contributed by atoms with Crippen LogP contribution in [0.3, 0.4) is 0 Å². The van der Waals surface area contributed by atoms with Gasteiger partial charge in [-0.3, -0.25) is 9.78 Å². The molecule has 64 valence electrons. The highest BCUT2D eigenvalue weighted by Crippen LogP contribution is 2.20. The molecule has 0 N–H and O–H groups in total. The molecule has 2 nitrogen and oxygen atoms in total. The van der Waals surface area contributed by atoms with E-state index < -0.39 is 17.5 Å². The zero-order valence-electron chi connectivity index (χ0n) is 5.80. The maximum Gasteiger partial charge on any atom is 0.454 e. The Balaban J connectivity index is 2.94. The summed E-state index contributed by atoms with van der Waals surface area (Å²) in [4.78, 5) is 13.9. The van der Waals surface area contributed by atoms with Crippen molar-refractivity contribution in [3.63, 3.8) is 0 Å². The van der Waals surface area contributed by atoms with E-state index in [2.05, 4.69) is 4.98 Å². The van der Waals surface area contributed by atoms with Crippen molar-refractivity contribution in [1.29, 1.82) is 0 Å². The van der Waals surface area contributed by atoms with E-state index in [9.17, 15) is 18.0 Å². The van der Waals surface area contributed by atoms with Crippen LogP contribution in [0.15, 0.2) is 24.5 Å². The summed E-state index contributed by atoms with van der Waals surface area (Å²) in [7, 11) is 0. The maximum absolute atomic E-state index is 11.8. The minimum Gasteiger partial charge on any atom is -0.284 e. The molecule has 0 aliphatic carbocycles. The molecule has 0 aliphatic rings. The Morgan fingerprint density at radius 1 is 1.42 bits per heavy atom. The van der Waals surface area contributed by atoms with Crippen LogP contribution in [-0.2, 0) is 0 Å². The van der Waals surface area contributed by atoms with Crippen molar-refractivity contribution in [1.82, 2.24) is 4.98 Å². The van der Waals surface area contributed by atoms with Crippen LogP contribution in [0.5, 0.6) is 0 Å². The van der Waals surface area contributed by atoms with Gasteiger partial charge in [0.15, 0.2) is 0 Å². The second kappa shape index (κ2) is 2.92. The molecule has 0 fully saturated rings. The van der Waals surface area contributed by atoms with Crippen LogP contribution in [0.1, 0.15) is 10.4 Å². The Morgan fingerprint density at radius 3 is 2.50 bits per heavy atom. The predicted octanol–water partition coefficient (Wildman–Crippen LogP) is 1.83. The molecule has 0 atom stereocenters. The predicted molar refractivity (Wildman–Crippen MR) is 34.6 cm³/mol. The van der Waals surface area contributed by atoms with Crippen molar-refractivity contribution < 1.29 is 18.0 Å². The minimum atomic E-state index is -4.82. The highest BCUT2D eigenvalue weighted by molar-refractivity contribution is 5.99. The molecular formula is C7H4F3NO. The summed E-state index contributed by atoms with van der Waals surface area (Å²) >= 11 is 0. The third-order valence-corrected chi connectivity index (χ3v) is 1.18. The van der Waals surface area contributed by atoms with Crippen LogP contribution in [-0.4, -0.2) is 16.9 Å². The van der Waals surface area contributed by atoms with Crippen LogP contribution in [0.4, 0.5) is 13.2 Å². The van der Waals surface area contributed by atoms with Crippen molar-refractivity contribution in [2.75, 3.05) is 0 Å². The van der Waals surface area contributed by atoms with Crippen LogP contribution in [0.2, 0.25) is 0 Å². The fraction of sp³-hybridized carbons (Fsp3) is 0.143. The summed E-state index contributed by atoms with van der Waals surface area (Å²) in [6.45, 7) is 0. The number of ketones is 1. The third-order valence-electron chi connectivity index (χ3n) is 1.18. The number of hydrogen-bond acceptors (Lipinski definition) is 2. The van der Waals surface area contributed by atoms with Gasteiger partial charge in [0.2, 0.25) is 0 Å². The van der Waals surface area contributed by atoms with E-state index >= 15 is 0 Å². The summed E-state index contributed by atoms with van der Waals surface area (Å²) < 4.78 is 35.3. The molecule has 0 spiro atoms. The fourth-order valence-electron chi connectivity index (χ4n) is 0.661. The normalized spacial score (nSPS) is 11.2. The molecule has 0 saturated heterocycles. The van der Waals surface area contributed by atoms with Gasteiger partial charge in [-0.05, 0) is 12.1 Å². The quantitative estimate of drug-likeness (QED) is 0.609. The number of carbonyl (C=O) groups excluding carboxylic acids is 1. The molecule has 1 aromatic rings. The van der Waals surface area contributed by atoms with Gasteiger partial charge in [0.1, 0.15) is 0 Å². The highest BCUT2D eigenvalue weighted by atomic mass is 19.4. The average molecular weight is 175 g/mol. The molecule has 0 radical (unpaired) electrons. The summed E-state index contributed by atoms with van der Waals surface area (Å²) in [6, 6.07) is 2.35. The van der Waals surface area contributed by atoms with Gasteiger partial charge in [0, 0.05) is 18.0 Å². The summed E-state index contributed by atoms with van der Waals surface area (Å²) in [5, 5.41) is 0. The average Bonchev–Trinajstić information content (AvgIpc) is 2.03. The standard InChI is InChI=1S/C7H4F3NO/c8-7(9,10)6(12)5-2-1-3-11-4-5/h1-4H. The summed E-state index contributed by atoms with van der Waals surface area (Å²) in [5.41, 5.74) is -0.440. The Labute approximate surface area is 66.0 Å². The van der Waals surface area contributed by atoms with Crippen LogP contribution < -0.4 is 0 Å². The van der Waals surface area contributed by atoms with E-state index in [-0.39, 0.29) is 0 Å². The highest BCUT2D eigenvalue weighted by Gasteiger charge is 2.39. The van der Waals surface area contributed by atoms with E-state index in [0.29, 0.717) is 0 Å². The first-order valence-corrected chi connectivity index (χ1v) is 3.03. The number of alkyl halides is 3. The van der Waals surface area contributed by atoms with Crippen molar-refractivity contribution in [2.24, 2.45) is 0 Å². The molecule has 0 aromatic carbocycles. The monoisotopic (exact) mass is 175 g/mol. The zero-order valence-corrected chi connectivity index (χ0v) is 5.80. The van der Waals surface area contributed by atoms with Crippen molar-refractivity contribution in [3.8, 4) is 0 Å². The van der Waals surface area contributed by atoms with Gasteiger partial charge in [-0.15, -0.1) is 0 Å². The Hall–Kier alpha value is -1.39. The van der Waals surface area contributed by atoms with Crippen molar-refractivity contribution in [3.05, 3.63) is 30.1 Å². The summed E-state index contributed by atoms with van der Waals surface area (Å²) in [5.74, 6) is -1.87. The molecule has 12 heavy (non-hydrogen) atoms. The van der Waals surface area contributed by atoms with E-state index in [1.165, 1.54) is 12.3 Å². The molecule has 1 rings (SSSR count). The lowest BCUT2D eigenvalue weighted by molar-refractivity contribution is -0.0885. The van der Waals surface area contributed by atoms with E-state index in [4.69, 9.17) is 0 Å². The number of Topliss-reactive ketones (excluding diaryl/α,β-unsaturated/α-hetero) is 1. The first kappa shape index (κ1) is 8.70. The van der Waals surface area contributed by atoms with Gasteiger partial charge in [-0.2, -0.15) is 13.2 Å². The van der Waals surface area contributed by atoms with Gasteiger partial charge in [0.05, 0.1) is 0 Å². The van der Waals surface area contributed by atoms with Gasteiger partial charge in [-0.1, -0.05) is 0 Å². The van der Waals surface area contributed by atoms with Crippen molar-refractivity contribution >= 4 is 5.78 Å². The molecule has 1 heterocycles. The molecule has 1 aromatic heterocycles. The smallest absolute Gasteiger partial charge is 0.284 e. The topological polar surface area (TPSA) is 30.0 Å². The van der Waals surface area contributed by atoms with Crippen molar-refractivity contribution in [2.45, 2.75) is 6.18 Å². The number of nitrogens with zero attached hydrogens (tertiary/aromatic N) is 1. The Bertz CT molecular complexity index is 280. The summed E-state index contributed by atoms with van der Waals surface area (Å²) in [6.07, 6.45) is -2.63. The number of carbonyl (C=O) groups is 1. The van der Waals surface area contributed by atoms with Gasteiger partial charge in [-0.25, -0.2) is 0 Å². The van der Waals surface area contributed by atoms with E-state index in [0.717, 1.165) is 12.3 Å². The number of hydrogen-bond donors (Lipinski definition) is 0. The van der Waals surface area contributed by atoms with Crippen LogP contribution >= 0.6 is 0 Å². The third kappa shape index (κ3) is 1.81. The molecule has 0 bridgehead atoms. The Morgan fingerprint density at radius 2 is 2.08 bits per heavy atom. The number of rotatable bonds is 1. The second-order valence-corrected chi connectivity index (χ2v) is 2.07. The lowest BCUT2D eigenvalue weighted by Crippen LogP contribution is -2.22. The molecule has 0 aliphatic heterocycles. The first-order valence-electron chi connectivity index (χ1n) is 3.03. The Kier molecular flexibility index (Phi) is 2.12. The minimum absolute atomic E-state index is 0.440. The SMILES string of the molecule is O=C(c1cccnc1)C(F)(F)F. The second-order valence-electron chi connectivity index (χ2n) is 2.07. The van der Waals surface area contributed by atoms with Crippen LogP contribution in [0, 0.1) is 0 Å². The van der Waals surface area contributed by atoms with Gasteiger partial charge < -0.3 is 0 Å². The van der Waals surface area contributed by atoms with Gasteiger partial charge >= 0.3 is 6.18 Å². The molecule has 0 saturated carbocycles. The lowest BCUT2D eigenvalue weighted by atomic mass is 10.2. The molecule has 0 amide bonds. The van der Waals surface area contributed by atoms with E-state index in [1.807, 2.05) is 0 Å². The molecule has 0 unspecified atom stereocenters. The fourth-order valence-corrected chi connectivity index (χ4v) is 0.661. The number of pyridine rings is 1. The van der Waals surface area contributed by atoms with E-state index in [1.54, 1.807) is 0 Å². The number of halogens is 3. The maximum atomic E-state index is 11.8. The molecule has 5 heteroatoms. The zero-order chi connectivity index (χ0) is 9.19. The largest absolute Gasteiger partial charge is 0.454 e. The first-order chi connectivity index (χ1) is 5.52. The van der Waals surface area contributed by atoms with Gasteiger partial charge in [0.25, 0.3) is 5.78 Å². The number of aromatic nitrogens is 1. The lowest BCUT2D eigenvalue weighted by Gasteiger charge is -2.02. The molecular weight excluding hydrogens is 171 g/mol.